The van der Waals surface area contributed by atoms with Crippen molar-refractivity contribution in [1.29, 1.82) is 0 Å². The minimum Gasteiger partial charge on any atom is -0.414 e. The number of hydrogen-bond donors (Lipinski definition) is 2. The van der Waals surface area contributed by atoms with Crippen LogP contribution in [0.25, 0.3) is 0 Å². The molecule has 1 unspecified atom stereocenters. The molecule has 0 radical (unpaired) electrons. The van der Waals surface area contributed by atoms with Gasteiger partial charge in [-0.25, -0.2) is 9.18 Å². The van der Waals surface area contributed by atoms with Gasteiger partial charge in [-0.15, -0.1) is 0 Å². The van der Waals surface area contributed by atoms with Gasteiger partial charge in [0.1, 0.15) is 12.3 Å². The molecule has 1 aromatic rings. The predicted molar refractivity (Wildman–Crippen MR) is 90.6 cm³/mol. The standard InChI is InChI=1S/C15H26FN3O4Si/c1-15(2,3)24(4,5)22-8-11-10(20)6-12(23-11)19-7-9(16)13(17)18-14(19)21/h7,10-12,20H,6,8H2,1-5H3,(H2,17,18,21)/t10?,11-,12-/m1/s1. The number of nitrogens with two attached hydrogens (primary N) is 1. The minimum atomic E-state index is -1.98. The van der Waals surface area contributed by atoms with E-state index < -0.39 is 44.1 Å². The zero-order valence-corrected chi connectivity index (χ0v) is 15.7. The second-order valence-electron chi connectivity index (χ2n) is 7.67. The van der Waals surface area contributed by atoms with E-state index in [9.17, 15) is 14.3 Å². The summed E-state index contributed by atoms with van der Waals surface area (Å²) in [5.41, 5.74) is 4.56. The van der Waals surface area contributed by atoms with E-state index in [1.165, 1.54) is 0 Å². The normalized spacial score (nSPS) is 25.2. The first kappa shape index (κ1) is 19.0. The minimum absolute atomic E-state index is 0.0386. The van der Waals surface area contributed by atoms with Crippen molar-refractivity contribution in [3.05, 3.63) is 22.5 Å². The van der Waals surface area contributed by atoms with E-state index >= 15 is 0 Å². The number of hydrogen-bond acceptors (Lipinski definition) is 6. The number of nitrogens with zero attached hydrogens (tertiary/aromatic N) is 2. The quantitative estimate of drug-likeness (QED) is 0.793. The highest BCUT2D eigenvalue weighted by Gasteiger charge is 2.41. The summed E-state index contributed by atoms with van der Waals surface area (Å²) in [6, 6.07) is 0. The summed E-state index contributed by atoms with van der Waals surface area (Å²) < 4.78 is 26.3. The van der Waals surface area contributed by atoms with E-state index in [2.05, 4.69) is 38.8 Å². The van der Waals surface area contributed by atoms with E-state index in [0.717, 1.165) is 10.8 Å². The van der Waals surface area contributed by atoms with Crippen molar-refractivity contribution in [2.75, 3.05) is 12.3 Å². The first-order valence-corrected chi connectivity index (χ1v) is 10.8. The van der Waals surface area contributed by atoms with Crippen molar-refractivity contribution in [2.45, 2.75) is 63.8 Å². The lowest BCUT2D eigenvalue weighted by atomic mass is 10.2. The molecule has 1 saturated heterocycles. The molecule has 136 valence electrons. The van der Waals surface area contributed by atoms with Crippen LogP contribution in [0.3, 0.4) is 0 Å². The van der Waals surface area contributed by atoms with Crippen molar-refractivity contribution in [2.24, 2.45) is 0 Å². The highest BCUT2D eigenvalue weighted by Crippen LogP contribution is 2.37. The van der Waals surface area contributed by atoms with Gasteiger partial charge in [0.25, 0.3) is 0 Å². The lowest BCUT2D eigenvalue weighted by molar-refractivity contribution is -0.0434. The highest BCUT2D eigenvalue weighted by molar-refractivity contribution is 6.74. The maximum Gasteiger partial charge on any atom is 0.351 e. The van der Waals surface area contributed by atoms with E-state index in [1.54, 1.807) is 0 Å². The molecular weight excluding hydrogens is 333 g/mol. The first-order valence-electron chi connectivity index (χ1n) is 7.94. The number of aromatic nitrogens is 2. The van der Waals surface area contributed by atoms with Gasteiger partial charge in [0.2, 0.25) is 0 Å². The molecule has 24 heavy (non-hydrogen) atoms. The Bertz CT molecular complexity index is 659. The number of nitrogen functional groups attached to an aromatic ring is 1. The second-order valence-corrected chi connectivity index (χ2v) is 12.5. The number of rotatable bonds is 4. The summed E-state index contributed by atoms with van der Waals surface area (Å²) in [4.78, 5) is 15.3. The molecule has 1 aliphatic rings. The van der Waals surface area contributed by atoms with Gasteiger partial charge in [-0.1, -0.05) is 20.8 Å². The van der Waals surface area contributed by atoms with Crippen molar-refractivity contribution in [3.8, 4) is 0 Å². The Morgan fingerprint density at radius 3 is 2.75 bits per heavy atom. The number of aliphatic hydroxyl groups excluding tert-OH is 1. The van der Waals surface area contributed by atoms with Crippen LogP contribution in [0, 0.1) is 5.82 Å². The van der Waals surface area contributed by atoms with Crippen LogP contribution >= 0.6 is 0 Å². The molecule has 2 rings (SSSR count). The molecule has 0 amide bonds. The molecule has 7 nitrogen and oxygen atoms in total. The molecule has 1 aliphatic heterocycles. The summed E-state index contributed by atoms with van der Waals surface area (Å²) in [5, 5.41) is 10.2. The molecule has 0 spiro atoms. The maximum atomic E-state index is 13.6. The number of anilines is 1. The van der Waals surface area contributed by atoms with Crippen molar-refractivity contribution in [3.63, 3.8) is 0 Å². The van der Waals surface area contributed by atoms with Crippen molar-refractivity contribution >= 4 is 14.1 Å². The fraction of sp³-hybridized carbons (Fsp3) is 0.733. The molecule has 3 atom stereocenters. The Morgan fingerprint density at radius 1 is 1.54 bits per heavy atom. The third-order valence-corrected chi connectivity index (χ3v) is 9.36. The van der Waals surface area contributed by atoms with Gasteiger partial charge in [-0.2, -0.15) is 4.98 Å². The van der Waals surface area contributed by atoms with Gasteiger partial charge in [0, 0.05) is 6.42 Å². The summed E-state index contributed by atoms with van der Waals surface area (Å²) in [5.74, 6) is -1.25. The monoisotopic (exact) mass is 359 g/mol. The van der Waals surface area contributed by atoms with E-state index in [0.29, 0.717) is 0 Å². The zero-order chi connectivity index (χ0) is 18.3. The number of halogens is 1. The Hall–Kier alpha value is -1.29. The second kappa shape index (κ2) is 6.55. The smallest absolute Gasteiger partial charge is 0.351 e. The van der Waals surface area contributed by atoms with E-state index in [4.69, 9.17) is 14.9 Å². The Labute approximate surface area is 141 Å². The lowest BCUT2D eigenvalue weighted by Gasteiger charge is -2.37. The van der Waals surface area contributed by atoms with Gasteiger partial charge in [0.15, 0.2) is 20.0 Å². The zero-order valence-electron chi connectivity index (χ0n) is 14.7. The Kier molecular flexibility index (Phi) is 5.19. The van der Waals surface area contributed by atoms with E-state index in [1.807, 2.05) is 0 Å². The molecule has 2 heterocycles. The molecular formula is C15H26FN3O4Si. The van der Waals surface area contributed by atoms with Gasteiger partial charge < -0.3 is 20.0 Å². The van der Waals surface area contributed by atoms with Crippen LogP contribution in [-0.2, 0) is 9.16 Å². The fourth-order valence-electron chi connectivity index (χ4n) is 2.21. The maximum absolute atomic E-state index is 13.6. The Balaban J connectivity index is 2.08. The van der Waals surface area contributed by atoms with Gasteiger partial charge in [-0.05, 0) is 18.1 Å². The van der Waals surface area contributed by atoms with Crippen LogP contribution < -0.4 is 11.4 Å². The molecule has 1 fully saturated rings. The highest BCUT2D eigenvalue weighted by atomic mass is 28.4. The number of aliphatic hydroxyl groups is 1. The summed E-state index contributed by atoms with van der Waals surface area (Å²) in [7, 11) is -1.98. The summed E-state index contributed by atoms with van der Waals surface area (Å²) in [6.07, 6.45) is -1.04. The predicted octanol–water partition coefficient (Wildman–Crippen LogP) is 1.63. The fourth-order valence-corrected chi connectivity index (χ4v) is 3.22. The van der Waals surface area contributed by atoms with Crippen LogP contribution in [0.5, 0.6) is 0 Å². The third-order valence-electron chi connectivity index (χ3n) is 4.86. The van der Waals surface area contributed by atoms with E-state index in [-0.39, 0.29) is 18.1 Å². The molecule has 3 N–H and O–H groups in total. The summed E-state index contributed by atoms with van der Waals surface area (Å²) >= 11 is 0. The largest absolute Gasteiger partial charge is 0.414 e. The van der Waals surface area contributed by atoms with Crippen LogP contribution in [0.2, 0.25) is 18.1 Å². The third kappa shape index (κ3) is 3.85. The van der Waals surface area contributed by atoms with Gasteiger partial charge >= 0.3 is 5.69 Å². The van der Waals surface area contributed by atoms with Crippen molar-refractivity contribution in [1.82, 2.24) is 9.55 Å². The lowest BCUT2D eigenvalue weighted by Crippen LogP contribution is -2.43. The topological polar surface area (TPSA) is 99.6 Å². The first-order chi connectivity index (χ1) is 10.9. The van der Waals surface area contributed by atoms with Crippen LogP contribution in [0.1, 0.15) is 33.4 Å². The molecule has 0 bridgehead atoms. The molecule has 1 aromatic heterocycles. The average Bonchev–Trinajstić information content (AvgIpc) is 2.80. The molecule has 0 aliphatic carbocycles. The van der Waals surface area contributed by atoms with Gasteiger partial charge in [-0.3, -0.25) is 4.57 Å². The SMILES string of the molecule is CC(C)(C)[Si](C)(C)OC[C@H]1O[C@@H](n2cc(F)c(N)nc2=O)CC1O. The molecule has 0 saturated carbocycles. The van der Waals surface area contributed by atoms with Crippen molar-refractivity contribution < 1.29 is 18.7 Å². The van der Waals surface area contributed by atoms with Crippen LogP contribution in [0.4, 0.5) is 10.2 Å². The average molecular weight is 359 g/mol. The molecule has 9 heteroatoms. The molecule has 0 aromatic carbocycles. The Morgan fingerprint density at radius 2 is 2.17 bits per heavy atom. The van der Waals surface area contributed by atoms with Gasteiger partial charge in [0.05, 0.1) is 18.9 Å². The van der Waals surface area contributed by atoms with Crippen LogP contribution in [0.15, 0.2) is 11.0 Å². The van der Waals surface area contributed by atoms with Crippen LogP contribution in [-0.4, -0.2) is 41.8 Å². The number of ether oxygens (including phenoxy) is 1. The summed E-state index contributed by atoms with van der Waals surface area (Å²) in [6.45, 7) is 10.8.